The highest BCUT2D eigenvalue weighted by molar-refractivity contribution is 5.64. The maximum absolute atomic E-state index is 5.86. The molecule has 0 spiro atoms. The van der Waals surface area contributed by atoms with Crippen molar-refractivity contribution in [1.29, 1.82) is 0 Å². The van der Waals surface area contributed by atoms with Crippen LogP contribution < -0.4 is 4.74 Å². The average Bonchev–Trinajstić information content (AvgIpc) is 2.68. The smallest absolute Gasteiger partial charge is 0.124 e. The lowest BCUT2D eigenvalue weighted by molar-refractivity contribution is 0.118. The molecule has 0 radical (unpaired) electrons. The Morgan fingerprint density at radius 2 is 1.85 bits per heavy atom. The summed E-state index contributed by atoms with van der Waals surface area (Å²) in [5, 5.41) is 0. The maximum atomic E-state index is 5.86. The number of hydrogen-bond acceptors (Lipinski definition) is 3. The van der Waals surface area contributed by atoms with Gasteiger partial charge in [-0.2, -0.15) is 0 Å². The molecule has 2 aromatic rings. The summed E-state index contributed by atoms with van der Waals surface area (Å²) < 4.78 is 11.4. The Hall–Kier alpha value is -2.33. The van der Waals surface area contributed by atoms with Gasteiger partial charge in [-0.25, -0.2) is 4.99 Å². The first-order valence-corrected chi connectivity index (χ1v) is 9.59. The quantitative estimate of drug-likeness (QED) is 0.333. The van der Waals surface area contributed by atoms with Gasteiger partial charge in [-0.1, -0.05) is 30.3 Å². The van der Waals surface area contributed by atoms with Gasteiger partial charge in [-0.3, -0.25) is 0 Å². The topological polar surface area (TPSA) is 34.1 Å². The molecule has 0 fully saturated rings. The zero-order valence-corrected chi connectivity index (χ0v) is 17.3. The Morgan fingerprint density at radius 1 is 1.07 bits per heavy atom. The molecule has 0 aromatic heterocycles. The van der Waals surface area contributed by atoms with Crippen LogP contribution in [0.3, 0.4) is 0 Å². The van der Waals surface area contributed by atoms with E-state index in [1.165, 1.54) is 16.7 Å². The molecule has 0 atom stereocenters. The fraction of sp³-hybridized carbons (Fsp3) is 0.435. The van der Waals surface area contributed by atoms with Crippen LogP contribution in [-0.4, -0.2) is 38.5 Å². The number of aliphatic imine (C=N–C) groups is 1. The van der Waals surface area contributed by atoms with Gasteiger partial charge in [0, 0.05) is 26.3 Å². The van der Waals surface area contributed by atoms with Crippen molar-refractivity contribution in [1.82, 2.24) is 4.90 Å². The van der Waals surface area contributed by atoms with E-state index in [1.54, 1.807) is 7.11 Å². The first kappa shape index (κ1) is 21.0. The summed E-state index contributed by atoms with van der Waals surface area (Å²) in [5.41, 5.74) is 5.85. The third-order valence-corrected chi connectivity index (χ3v) is 4.75. The number of methoxy groups -OCH3 is 1. The monoisotopic (exact) mass is 368 g/mol. The Balaban J connectivity index is 1.91. The van der Waals surface area contributed by atoms with E-state index in [0.717, 1.165) is 43.0 Å². The summed E-state index contributed by atoms with van der Waals surface area (Å²) in [4.78, 5) is 6.62. The molecule has 0 heterocycles. The molecule has 146 valence electrons. The van der Waals surface area contributed by atoms with Crippen molar-refractivity contribution in [2.24, 2.45) is 4.99 Å². The molecular formula is C23H32N2O2. The SMILES string of the molecule is CCN(C)C=Nc1cc(OC)c(CCCOCc2ccccc2C)cc1C. The molecule has 0 saturated heterocycles. The number of aryl methyl sites for hydroxylation is 3. The predicted molar refractivity (Wildman–Crippen MR) is 113 cm³/mol. The van der Waals surface area contributed by atoms with E-state index in [2.05, 4.69) is 56.1 Å². The fourth-order valence-corrected chi connectivity index (χ4v) is 2.82. The molecule has 0 saturated carbocycles. The Kier molecular flexibility index (Phi) is 8.34. The van der Waals surface area contributed by atoms with E-state index in [9.17, 15) is 0 Å². The van der Waals surface area contributed by atoms with Crippen molar-refractivity contribution >= 4 is 12.0 Å². The van der Waals surface area contributed by atoms with Crippen LogP contribution in [-0.2, 0) is 17.8 Å². The second kappa shape index (κ2) is 10.7. The van der Waals surface area contributed by atoms with E-state index in [1.807, 2.05) is 24.4 Å². The fourth-order valence-electron chi connectivity index (χ4n) is 2.82. The largest absolute Gasteiger partial charge is 0.496 e. The predicted octanol–water partition coefficient (Wildman–Crippen LogP) is 5.07. The van der Waals surface area contributed by atoms with Crippen LogP contribution in [0.2, 0.25) is 0 Å². The summed E-state index contributed by atoms with van der Waals surface area (Å²) in [6.45, 7) is 8.65. The number of ether oxygens (including phenoxy) is 2. The van der Waals surface area contributed by atoms with Crippen LogP contribution in [0.1, 0.15) is 35.6 Å². The Morgan fingerprint density at radius 3 is 2.56 bits per heavy atom. The lowest BCUT2D eigenvalue weighted by Crippen LogP contribution is -2.14. The molecule has 0 amide bonds. The lowest BCUT2D eigenvalue weighted by atomic mass is 10.0. The van der Waals surface area contributed by atoms with E-state index in [-0.39, 0.29) is 0 Å². The molecule has 4 nitrogen and oxygen atoms in total. The molecule has 0 aliphatic heterocycles. The van der Waals surface area contributed by atoms with Crippen molar-refractivity contribution in [2.75, 3.05) is 27.3 Å². The van der Waals surface area contributed by atoms with Crippen molar-refractivity contribution in [3.8, 4) is 5.75 Å². The molecule has 2 rings (SSSR count). The average molecular weight is 369 g/mol. The maximum Gasteiger partial charge on any atom is 0.124 e. The van der Waals surface area contributed by atoms with Gasteiger partial charge in [0.25, 0.3) is 0 Å². The van der Waals surface area contributed by atoms with Gasteiger partial charge in [0.1, 0.15) is 5.75 Å². The van der Waals surface area contributed by atoms with Gasteiger partial charge in [0.05, 0.1) is 25.7 Å². The van der Waals surface area contributed by atoms with Gasteiger partial charge in [-0.15, -0.1) is 0 Å². The molecule has 0 bridgehead atoms. The van der Waals surface area contributed by atoms with Crippen LogP contribution >= 0.6 is 0 Å². The van der Waals surface area contributed by atoms with Crippen LogP contribution in [0.15, 0.2) is 41.4 Å². The molecule has 0 unspecified atom stereocenters. The van der Waals surface area contributed by atoms with Crippen LogP contribution in [0, 0.1) is 13.8 Å². The van der Waals surface area contributed by atoms with E-state index >= 15 is 0 Å². The number of nitrogens with zero attached hydrogens (tertiary/aromatic N) is 2. The zero-order valence-electron chi connectivity index (χ0n) is 17.3. The highest BCUT2D eigenvalue weighted by Gasteiger charge is 2.08. The van der Waals surface area contributed by atoms with Crippen molar-refractivity contribution in [3.63, 3.8) is 0 Å². The summed E-state index contributed by atoms with van der Waals surface area (Å²) >= 11 is 0. The Labute approximate surface area is 163 Å². The minimum atomic E-state index is 0.668. The first-order valence-electron chi connectivity index (χ1n) is 9.59. The second-order valence-electron chi connectivity index (χ2n) is 6.85. The van der Waals surface area contributed by atoms with Gasteiger partial charge in [-0.05, 0) is 55.9 Å². The number of benzene rings is 2. The van der Waals surface area contributed by atoms with E-state index in [0.29, 0.717) is 6.61 Å². The normalized spacial score (nSPS) is 11.1. The van der Waals surface area contributed by atoms with E-state index < -0.39 is 0 Å². The number of hydrogen-bond donors (Lipinski definition) is 0. The Bertz CT molecular complexity index is 756. The number of rotatable bonds is 10. The van der Waals surface area contributed by atoms with Gasteiger partial charge in [0.2, 0.25) is 0 Å². The van der Waals surface area contributed by atoms with Gasteiger partial charge >= 0.3 is 0 Å². The molecule has 0 aliphatic rings. The third kappa shape index (κ3) is 6.40. The summed E-state index contributed by atoms with van der Waals surface area (Å²) in [6, 6.07) is 12.6. The standard InChI is InChI=1S/C23H32N2O2/c1-6-25(4)17-24-22-15-23(26-5)20(14-19(22)3)12-9-13-27-16-21-11-8-7-10-18(21)2/h7-8,10-11,14-15,17H,6,9,12-13,16H2,1-5H3. The zero-order chi connectivity index (χ0) is 19.6. The molecule has 0 N–H and O–H groups in total. The lowest BCUT2D eigenvalue weighted by Gasteiger charge is -2.13. The molecule has 27 heavy (non-hydrogen) atoms. The molecule has 2 aromatic carbocycles. The minimum Gasteiger partial charge on any atom is -0.496 e. The van der Waals surface area contributed by atoms with Crippen LogP contribution in [0.5, 0.6) is 5.75 Å². The summed E-state index contributed by atoms with van der Waals surface area (Å²) in [5.74, 6) is 0.894. The van der Waals surface area contributed by atoms with Crippen LogP contribution in [0.4, 0.5) is 5.69 Å². The van der Waals surface area contributed by atoms with Gasteiger partial charge in [0.15, 0.2) is 0 Å². The molecule has 4 heteroatoms. The highest BCUT2D eigenvalue weighted by atomic mass is 16.5. The third-order valence-electron chi connectivity index (χ3n) is 4.75. The van der Waals surface area contributed by atoms with Crippen molar-refractivity contribution in [2.45, 2.75) is 40.2 Å². The minimum absolute atomic E-state index is 0.668. The summed E-state index contributed by atoms with van der Waals surface area (Å²) in [7, 11) is 3.73. The highest BCUT2D eigenvalue weighted by Crippen LogP contribution is 2.29. The second-order valence-corrected chi connectivity index (χ2v) is 6.85. The van der Waals surface area contributed by atoms with Gasteiger partial charge < -0.3 is 14.4 Å². The van der Waals surface area contributed by atoms with Crippen LogP contribution in [0.25, 0.3) is 0 Å². The first-order chi connectivity index (χ1) is 13.0. The van der Waals surface area contributed by atoms with E-state index in [4.69, 9.17) is 9.47 Å². The van der Waals surface area contributed by atoms with Crippen molar-refractivity contribution in [3.05, 3.63) is 58.7 Å². The van der Waals surface area contributed by atoms with Crippen molar-refractivity contribution < 1.29 is 9.47 Å². The molecular weight excluding hydrogens is 336 g/mol. The molecule has 0 aliphatic carbocycles. The summed E-state index contributed by atoms with van der Waals surface area (Å²) in [6.07, 6.45) is 3.75.